The van der Waals surface area contributed by atoms with E-state index in [4.69, 9.17) is 27.9 Å². The van der Waals surface area contributed by atoms with Gasteiger partial charge >= 0.3 is 5.97 Å². The predicted molar refractivity (Wildman–Crippen MR) is 137 cm³/mol. The van der Waals surface area contributed by atoms with E-state index in [1.165, 1.54) is 25.5 Å². The number of esters is 1. The van der Waals surface area contributed by atoms with Gasteiger partial charge in [-0.25, -0.2) is 5.43 Å². The van der Waals surface area contributed by atoms with Crippen molar-refractivity contribution in [2.75, 3.05) is 7.11 Å². The van der Waals surface area contributed by atoms with Crippen LogP contribution in [0.4, 0.5) is 0 Å². The van der Waals surface area contributed by atoms with Gasteiger partial charge in [0, 0.05) is 27.2 Å². The Labute approximate surface area is 213 Å². The molecule has 184 valence electrons. The molecule has 8 nitrogen and oxygen atoms in total. The number of para-hydroxylation sites is 1. The maximum absolute atomic E-state index is 12.9. The lowest BCUT2D eigenvalue weighted by atomic mass is 10.0. The maximum atomic E-state index is 12.9. The van der Waals surface area contributed by atoms with E-state index in [2.05, 4.69) is 15.8 Å². The number of hydrogen-bond acceptors (Lipinski definition) is 5. The van der Waals surface area contributed by atoms with Crippen molar-refractivity contribution in [3.63, 3.8) is 0 Å². The number of hydrogen-bond donors (Lipinski definition) is 2. The number of carbonyl (C=O) groups is 3. The first kappa shape index (κ1) is 26.2. The molecule has 0 saturated heterocycles. The van der Waals surface area contributed by atoms with Gasteiger partial charge in [0.2, 0.25) is 0 Å². The lowest BCUT2D eigenvalue weighted by molar-refractivity contribution is -0.141. The molecule has 10 heteroatoms. The summed E-state index contributed by atoms with van der Waals surface area (Å²) >= 11 is 12.0. The molecule has 3 rings (SSSR count). The third-order valence-corrected chi connectivity index (χ3v) is 6.12. The summed E-state index contributed by atoms with van der Waals surface area (Å²) < 4.78 is 6.64. The van der Waals surface area contributed by atoms with Crippen LogP contribution in [0, 0.1) is 12.8 Å². The Morgan fingerprint density at radius 3 is 2.51 bits per heavy atom. The van der Waals surface area contributed by atoms with Crippen LogP contribution in [-0.2, 0) is 20.9 Å². The first-order valence-electron chi connectivity index (χ1n) is 10.9. The summed E-state index contributed by atoms with van der Waals surface area (Å²) in [4.78, 5) is 37.4. The van der Waals surface area contributed by atoms with Gasteiger partial charge in [0.25, 0.3) is 11.8 Å². The van der Waals surface area contributed by atoms with E-state index in [1.54, 1.807) is 6.07 Å². The largest absolute Gasteiger partial charge is 0.468 e. The van der Waals surface area contributed by atoms with Crippen LogP contribution in [0.3, 0.4) is 0 Å². The van der Waals surface area contributed by atoms with Gasteiger partial charge in [0.05, 0.1) is 23.9 Å². The van der Waals surface area contributed by atoms with Gasteiger partial charge in [-0.05, 0) is 37.1 Å². The lowest BCUT2D eigenvalue weighted by Gasteiger charge is -2.20. The molecule has 0 aliphatic carbocycles. The van der Waals surface area contributed by atoms with E-state index in [0.717, 1.165) is 22.2 Å². The second kappa shape index (κ2) is 11.4. The number of nitrogens with zero attached hydrogens (tertiary/aromatic N) is 2. The monoisotopic (exact) mass is 516 g/mol. The zero-order valence-electron chi connectivity index (χ0n) is 19.8. The maximum Gasteiger partial charge on any atom is 0.325 e. The Bertz CT molecular complexity index is 1300. The van der Waals surface area contributed by atoms with Crippen LogP contribution in [0.15, 0.2) is 47.6 Å². The summed E-state index contributed by atoms with van der Waals surface area (Å²) in [5.41, 5.74) is 5.11. The van der Waals surface area contributed by atoms with Crippen LogP contribution in [0.5, 0.6) is 0 Å². The number of nitrogens with one attached hydrogen (secondary N) is 2. The molecule has 1 heterocycles. The number of amides is 2. The van der Waals surface area contributed by atoms with Gasteiger partial charge in [0.1, 0.15) is 12.6 Å². The third kappa shape index (κ3) is 6.01. The molecule has 3 aromatic rings. The van der Waals surface area contributed by atoms with Gasteiger partial charge in [0.15, 0.2) is 0 Å². The highest BCUT2D eigenvalue weighted by Gasteiger charge is 2.25. The Kier molecular flexibility index (Phi) is 8.53. The molecule has 0 bridgehead atoms. The standard InChI is InChI=1S/C25H26Cl2N4O4/c1-14(2)23(29-24(33)18-10-9-16(26)11-20(18)27)25(34)30-28-12-19-15(3)31(13-22(32)35-4)21-8-6-5-7-17(19)21/h5-12,14,23H,13H2,1-4H3,(H,29,33)(H,30,34)/b28-12-. The van der Waals surface area contributed by atoms with Crippen molar-refractivity contribution < 1.29 is 19.1 Å². The summed E-state index contributed by atoms with van der Waals surface area (Å²) in [6.07, 6.45) is 1.53. The number of hydrazone groups is 1. The van der Waals surface area contributed by atoms with Crippen LogP contribution >= 0.6 is 23.2 Å². The van der Waals surface area contributed by atoms with E-state index in [9.17, 15) is 14.4 Å². The molecule has 0 aliphatic heterocycles. The van der Waals surface area contributed by atoms with E-state index < -0.39 is 17.9 Å². The molecule has 2 aromatic carbocycles. The molecule has 0 fully saturated rings. The summed E-state index contributed by atoms with van der Waals surface area (Å²) in [5, 5.41) is 8.30. The van der Waals surface area contributed by atoms with E-state index >= 15 is 0 Å². The first-order valence-corrected chi connectivity index (χ1v) is 11.6. The van der Waals surface area contributed by atoms with Crippen molar-refractivity contribution in [2.45, 2.75) is 33.4 Å². The Morgan fingerprint density at radius 1 is 1.14 bits per heavy atom. The fourth-order valence-electron chi connectivity index (χ4n) is 3.68. The molecule has 0 aliphatic rings. The molecule has 0 saturated carbocycles. The zero-order valence-corrected chi connectivity index (χ0v) is 21.3. The van der Waals surface area contributed by atoms with Crippen LogP contribution in [0.1, 0.15) is 35.5 Å². The van der Waals surface area contributed by atoms with Gasteiger partial charge < -0.3 is 14.6 Å². The zero-order chi connectivity index (χ0) is 25.7. The molecular formula is C25H26Cl2N4O4. The SMILES string of the molecule is COC(=O)Cn1c(C)c(/C=N\NC(=O)C(NC(=O)c2ccc(Cl)cc2Cl)C(C)C)c2ccccc21. The normalized spacial score (nSPS) is 12.2. The molecule has 1 atom stereocenters. The van der Waals surface area contributed by atoms with Gasteiger partial charge in [-0.15, -0.1) is 0 Å². The van der Waals surface area contributed by atoms with Crippen molar-refractivity contribution in [1.82, 2.24) is 15.3 Å². The topological polar surface area (TPSA) is 102 Å². The Morgan fingerprint density at radius 2 is 1.86 bits per heavy atom. The van der Waals surface area contributed by atoms with Crippen molar-refractivity contribution in [3.8, 4) is 0 Å². The second-order valence-electron chi connectivity index (χ2n) is 8.23. The fourth-order valence-corrected chi connectivity index (χ4v) is 4.17. The number of ether oxygens (including phenoxy) is 1. The summed E-state index contributed by atoms with van der Waals surface area (Å²) in [6.45, 7) is 5.53. The van der Waals surface area contributed by atoms with Crippen molar-refractivity contribution in [3.05, 3.63) is 69.3 Å². The van der Waals surface area contributed by atoms with Crippen molar-refractivity contribution >= 4 is 58.1 Å². The third-order valence-electron chi connectivity index (χ3n) is 5.57. The molecule has 1 unspecified atom stereocenters. The summed E-state index contributed by atoms with van der Waals surface area (Å²) in [6, 6.07) is 11.2. The second-order valence-corrected chi connectivity index (χ2v) is 9.08. The first-order chi connectivity index (χ1) is 16.6. The average molecular weight is 517 g/mol. The number of halogens is 2. The van der Waals surface area contributed by atoms with Gasteiger partial charge in [-0.2, -0.15) is 5.10 Å². The summed E-state index contributed by atoms with van der Waals surface area (Å²) in [5.74, 6) is -1.57. The highest BCUT2D eigenvalue weighted by atomic mass is 35.5. The minimum absolute atomic E-state index is 0.0533. The average Bonchev–Trinajstić information content (AvgIpc) is 3.07. The van der Waals surface area contributed by atoms with E-state index in [-0.39, 0.29) is 29.0 Å². The molecule has 0 radical (unpaired) electrons. The Hall–Kier alpha value is -3.36. The minimum Gasteiger partial charge on any atom is -0.468 e. The molecule has 1 aromatic heterocycles. The predicted octanol–water partition coefficient (Wildman–Crippen LogP) is 4.33. The number of methoxy groups -OCH3 is 1. The van der Waals surface area contributed by atoms with Gasteiger partial charge in [-0.3, -0.25) is 14.4 Å². The Balaban J connectivity index is 1.79. The quantitative estimate of drug-likeness (QED) is 0.264. The highest BCUT2D eigenvalue weighted by molar-refractivity contribution is 6.36. The highest BCUT2D eigenvalue weighted by Crippen LogP contribution is 2.25. The van der Waals surface area contributed by atoms with Crippen LogP contribution < -0.4 is 10.7 Å². The summed E-state index contributed by atoms with van der Waals surface area (Å²) in [7, 11) is 1.34. The lowest BCUT2D eigenvalue weighted by Crippen LogP contribution is -2.48. The minimum atomic E-state index is -0.854. The van der Waals surface area contributed by atoms with Gasteiger partial charge in [-0.1, -0.05) is 55.2 Å². The van der Waals surface area contributed by atoms with E-state index in [0.29, 0.717) is 5.02 Å². The number of aromatic nitrogens is 1. The molecule has 2 N–H and O–H groups in total. The molecule has 2 amide bonds. The number of carbonyl (C=O) groups excluding carboxylic acids is 3. The molecule has 35 heavy (non-hydrogen) atoms. The van der Waals surface area contributed by atoms with Crippen molar-refractivity contribution in [1.29, 1.82) is 0 Å². The van der Waals surface area contributed by atoms with Crippen molar-refractivity contribution in [2.24, 2.45) is 11.0 Å². The smallest absolute Gasteiger partial charge is 0.325 e. The molecule has 0 spiro atoms. The number of rotatable bonds is 8. The van der Waals surface area contributed by atoms with Crippen LogP contribution in [0.2, 0.25) is 10.0 Å². The number of benzene rings is 2. The molecular weight excluding hydrogens is 491 g/mol. The van der Waals surface area contributed by atoms with Crippen LogP contribution in [0.25, 0.3) is 10.9 Å². The van der Waals surface area contributed by atoms with E-state index in [1.807, 2.05) is 49.6 Å². The number of fused-ring (bicyclic) bond motifs is 1. The van der Waals surface area contributed by atoms with Crippen LogP contribution in [-0.4, -0.2) is 41.7 Å². The fraction of sp³-hybridized carbons (Fsp3) is 0.280.